The number of carbonyl (C=O) groups is 1. The summed E-state index contributed by atoms with van der Waals surface area (Å²) >= 11 is 0. The summed E-state index contributed by atoms with van der Waals surface area (Å²) < 4.78 is 39.8. The zero-order chi connectivity index (χ0) is 17.9. The molecule has 1 aliphatic heterocycles. The second-order valence-corrected chi connectivity index (χ2v) is 6.27. The summed E-state index contributed by atoms with van der Waals surface area (Å²) in [6, 6.07) is 5.40. The minimum absolute atomic E-state index is 0.0164. The topological polar surface area (TPSA) is 56.1 Å². The quantitative estimate of drug-likeness (QED) is 0.919. The lowest BCUT2D eigenvalue weighted by atomic mass is 9.94. The maximum atomic E-state index is 13.3. The van der Waals surface area contributed by atoms with Crippen LogP contribution in [0.1, 0.15) is 37.8 Å². The van der Waals surface area contributed by atoms with Crippen LogP contribution in [0.4, 0.5) is 18.9 Å². The van der Waals surface area contributed by atoms with Gasteiger partial charge in [0, 0.05) is 30.7 Å². The Bertz CT molecular complexity index is 641. The molecule has 0 radical (unpaired) electrons. The van der Waals surface area contributed by atoms with Crippen molar-refractivity contribution in [1.82, 2.24) is 5.32 Å². The Labute approximate surface area is 139 Å². The van der Waals surface area contributed by atoms with Crippen LogP contribution in [-0.2, 0) is 11.0 Å². The third-order valence-electron chi connectivity index (χ3n) is 4.07. The van der Waals surface area contributed by atoms with E-state index in [9.17, 15) is 18.0 Å². The molecule has 130 valence electrons. The van der Waals surface area contributed by atoms with E-state index >= 15 is 0 Å². The van der Waals surface area contributed by atoms with E-state index in [1.54, 1.807) is 11.0 Å². The van der Waals surface area contributed by atoms with Crippen molar-refractivity contribution in [1.29, 1.82) is 5.26 Å². The number of alkyl halides is 3. The Morgan fingerprint density at radius 1 is 1.33 bits per heavy atom. The van der Waals surface area contributed by atoms with Crippen molar-refractivity contribution in [2.45, 2.75) is 38.9 Å². The van der Waals surface area contributed by atoms with Crippen LogP contribution in [0.3, 0.4) is 0 Å². The molecule has 2 rings (SSSR count). The van der Waals surface area contributed by atoms with E-state index in [4.69, 9.17) is 5.26 Å². The first kappa shape index (κ1) is 18.1. The number of nitriles is 1. The number of nitrogens with zero attached hydrogens (tertiary/aromatic N) is 2. The van der Waals surface area contributed by atoms with Crippen LogP contribution >= 0.6 is 0 Å². The first-order valence-corrected chi connectivity index (χ1v) is 7.89. The third kappa shape index (κ3) is 4.19. The standard InChI is InChI=1S/C17H20F3N3O/c1-11(2)22-16(24)13-5-7-23(8-6-13)15-4-3-12(10-21)9-14(15)17(18,19)20/h3-4,9,11,13H,5-8H2,1-2H3,(H,22,24). The van der Waals surface area contributed by atoms with E-state index < -0.39 is 11.7 Å². The molecule has 0 spiro atoms. The van der Waals surface area contributed by atoms with E-state index in [-0.39, 0.29) is 29.1 Å². The van der Waals surface area contributed by atoms with Crippen molar-refractivity contribution in [3.05, 3.63) is 29.3 Å². The molecule has 0 aliphatic carbocycles. The minimum atomic E-state index is -4.52. The molecule has 0 atom stereocenters. The number of hydrogen-bond acceptors (Lipinski definition) is 3. The lowest BCUT2D eigenvalue weighted by molar-refractivity contribution is -0.137. The summed E-state index contributed by atoms with van der Waals surface area (Å²) in [4.78, 5) is 13.7. The van der Waals surface area contributed by atoms with Crippen molar-refractivity contribution >= 4 is 11.6 Å². The maximum Gasteiger partial charge on any atom is 0.418 e. The highest BCUT2D eigenvalue weighted by atomic mass is 19.4. The van der Waals surface area contributed by atoms with Crippen molar-refractivity contribution in [3.63, 3.8) is 0 Å². The number of rotatable bonds is 3. The summed E-state index contributed by atoms with van der Waals surface area (Å²) in [5.41, 5.74) is -0.742. The van der Waals surface area contributed by atoms with Gasteiger partial charge in [0.25, 0.3) is 0 Å². The molecule has 0 aromatic heterocycles. The molecule has 1 saturated heterocycles. The van der Waals surface area contributed by atoms with Crippen molar-refractivity contribution in [3.8, 4) is 6.07 Å². The largest absolute Gasteiger partial charge is 0.418 e. The van der Waals surface area contributed by atoms with Gasteiger partial charge in [-0.15, -0.1) is 0 Å². The summed E-state index contributed by atoms with van der Waals surface area (Å²) in [6.45, 7) is 4.51. The van der Waals surface area contributed by atoms with E-state index in [1.807, 2.05) is 13.8 Å². The van der Waals surface area contributed by atoms with Crippen molar-refractivity contribution < 1.29 is 18.0 Å². The smallest absolute Gasteiger partial charge is 0.371 e. The van der Waals surface area contributed by atoms with Crippen LogP contribution in [0.25, 0.3) is 0 Å². The monoisotopic (exact) mass is 339 g/mol. The molecule has 0 saturated carbocycles. The second-order valence-electron chi connectivity index (χ2n) is 6.27. The van der Waals surface area contributed by atoms with Gasteiger partial charge in [0.15, 0.2) is 0 Å². The van der Waals surface area contributed by atoms with Gasteiger partial charge in [-0.25, -0.2) is 0 Å². The predicted octanol–water partition coefficient (Wildman–Crippen LogP) is 3.32. The van der Waals surface area contributed by atoms with Gasteiger partial charge in [-0.05, 0) is 44.9 Å². The van der Waals surface area contributed by atoms with Crippen LogP contribution in [-0.4, -0.2) is 25.0 Å². The molecule has 0 bridgehead atoms. The predicted molar refractivity (Wildman–Crippen MR) is 84.4 cm³/mol. The molecule has 1 aliphatic rings. The summed E-state index contributed by atoms with van der Waals surface area (Å²) in [5.74, 6) is -0.211. The van der Waals surface area contributed by atoms with E-state index in [2.05, 4.69) is 5.32 Å². The van der Waals surface area contributed by atoms with Gasteiger partial charge < -0.3 is 10.2 Å². The fourth-order valence-corrected chi connectivity index (χ4v) is 2.89. The number of piperidine rings is 1. The second kappa shape index (κ2) is 7.12. The number of nitrogens with one attached hydrogen (secondary N) is 1. The fourth-order valence-electron chi connectivity index (χ4n) is 2.89. The van der Waals surface area contributed by atoms with Crippen LogP contribution < -0.4 is 10.2 Å². The van der Waals surface area contributed by atoms with Crippen LogP contribution in [0.15, 0.2) is 18.2 Å². The number of halogens is 3. The first-order valence-electron chi connectivity index (χ1n) is 7.89. The van der Waals surface area contributed by atoms with Gasteiger partial charge >= 0.3 is 6.18 Å². The Balaban J connectivity index is 2.15. The number of carbonyl (C=O) groups excluding carboxylic acids is 1. The summed E-state index contributed by atoms with van der Waals surface area (Å²) in [6.07, 6.45) is -3.50. The van der Waals surface area contributed by atoms with E-state index in [0.717, 1.165) is 6.07 Å². The van der Waals surface area contributed by atoms with Crippen LogP contribution in [0.5, 0.6) is 0 Å². The minimum Gasteiger partial charge on any atom is -0.371 e. The van der Waals surface area contributed by atoms with Gasteiger partial charge in [-0.1, -0.05) is 0 Å². The van der Waals surface area contributed by atoms with Crippen LogP contribution in [0.2, 0.25) is 0 Å². The van der Waals surface area contributed by atoms with Gasteiger partial charge in [0.05, 0.1) is 17.2 Å². The van der Waals surface area contributed by atoms with Crippen molar-refractivity contribution in [2.75, 3.05) is 18.0 Å². The molecule has 1 aromatic rings. The molecule has 7 heteroatoms. The molecule has 1 fully saturated rings. The highest BCUT2D eigenvalue weighted by Gasteiger charge is 2.36. The molecule has 4 nitrogen and oxygen atoms in total. The Kier molecular flexibility index (Phi) is 5.37. The zero-order valence-electron chi connectivity index (χ0n) is 13.7. The van der Waals surface area contributed by atoms with Crippen LogP contribution in [0, 0.1) is 17.2 Å². The molecule has 1 aromatic carbocycles. The summed E-state index contributed by atoms with van der Waals surface area (Å²) in [7, 11) is 0. The van der Waals surface area contributed by atoms with Gasteiger partial charge in [-0.3, -0.25) is 4.79 Å². The molecule has 0 unspecified atom stereocenters. The lowest BCUT2D eigenvalue weighted by Gasteiger charge is -2.34. The maximum absolute atomic E-state index is 13.3. The van der Waals surface area contributed by atoms with Gasteiger partial charge in [0.2, 0.25) is 5.91 Å². The molecular formula is C17H20F3N3O. The fraction of sp³-hybridized carbons (Fsp3) is 0.529. The Morgan fingerprint density at radius 3 is 2.46 bits per heavy atom. The van der Waals surface area contributed by atoms with Gasteiger partial charge in [-0.2, -0.15) is 18.4 Å². The third-order valence-corrected chi connectivity index (χ3v) is 4.07. The normalized spacial score (nSPS) is 16.1. The lowest BCUT2D eigenvalue weighted by Crippen LogP contribution is -2.42. The zero-order valence-corrected chi connectivity index (χ0v) is 13.7. The van der Waals surface area contributed by atoms with Gasteiger partial charge in [0.1, 0.15) is 0 Å². The number of benzene rings is 1. The first-order chi connectivity index (χ1) is 11.2. The molecule has 1 N–H and O–H groups in total. The average Bonchev–Trinajstić information content (AvgIpc) is 2.53. The highest BCUT2D eigenvalue weighted by molar-refractivity contribution is 5.79. The van der Waals surface area contributed by atoms with Crippen molar-refractivity contribution in [2.24, 2.45) is 5.92 Å². The summed E-state index contributed by atoms with van der Waals surface area (Å²) in [5, 5.41) is 11.7. The highest BCUT2D eigenvalue weighted by Crippen LogP contribution is 2.38. The Hall–Kier alpha value is -2.23. The Morgan fingerprint density at radius 2 is 1.96 bits per heavy atom. The number of hydrogen-bond donors (Lipinski definition) is 1. The number of anilines is 1. The molecular weight excluding hydrogens is 319 g/mol. The average molecular weight is 339 g/mol. The number of amides is 1. The molecule has 1 amide bonds. The molecule has 1 heterocycles. The van der Waals surface area contributed by atoms with E-state index in [1.165, 1.54) is 12.1 Å². The molecule has 24 heavy (non-hydrogen) atoms. The SMILES string of the molecule is CC(C)NC(=O)C1CCN(c2ccc(C#N)cc2C(F)(F)F)CC1. The van der Waals surface area contributed by atoms with E-state index in [0.29, 0.717) is 25.9 Å².